The van der Waals surface area contributed by atoms with Gasteiger partial charge in [-0.1, -0.05) is 18.2 Å². The van der Waals surface area contributed by atoms with Crippen molar-refractivity contribution in [1.29, 1.82) is 0 Å². The van der Waals surface area contributed by atoms with Crippen molar-refractivity contribution in [1.82, 2.24) is 10.2 Å². The van der Waals surface area contributed by atoms with Gasteiger partial charge in [-0.25, -0.2) is 4.39 Å². The lowest BCUT2D eigenvalue weighted by atomic mass is 9.88. The number of carbonyl (C=O) groups is 2. The van der Waals surface area contributed by atoms with Crippen LogP contribution in [0.2, 0.25) is 0 Å². The van der Waals surface area contributed by atoms with Crippen molar-refractivity contribution >= 4 is 11.8 Å². The van der Waals surface area contributed by atoms with Gasteiger partial charge in [0.1, 0.15) is 11.6 Å². The third-order valence-corrected chi connectivity index (χ3v) is 5.48. The highest BCUT2D eigenvalue weighted by atomic mass is 19.1. The molecule has 2 aromatic carbocycles. The summed E-state index contributed by atoms with van der Waals surface area (Å²) in [4.78, 5) is 27.5. The molecule has 146 valence electrons. The van der Waals surface area contributed by atoms with Crippen molar-refractivity contribution in [2.45, 2.75) is 24.8 Å². The summed E-state index contributed by atoms with van der Waals surface area (Å²) >= 11 is 0. The molecule has 0 radical (unpaired) electrons. The zero-order chi connectivity index (χ0) is 19.7. The smallest absolute Gasteiger partial charge is 0.254 e. The molecule has 0 spiro atoms. The molecule has 28 heavy (non-hydrogen) atoms. The number of nitrogens with one attached hydrogen (secondary N) is 1. The number of hydrogen-bond donors (Lipinski definition) is 1. The van der Waals surface area contributed by atoms with Gasteiger partial charge in [0.05, 0.1) is 13.0 Å². The molecule has 2 unspecified atom stereocenters. The molecule has 1 heterocycles. The molecule has 1 aliphatic heterocycles. The van der Waals surface area contributed by atoms with Crippen LogP contribution in [0.5, 0.6) is 5.75 Å². The van der Waals surface area contributed by atoms with Gasteiger partial charge in [-0.2, -0.15) is 0 Å². The van der Waals surface area contributed by atoms with E-state index < -0.39 is 0 Å². The monoisotopic (exact) mass is 382 g/mol. The number of methoxy groups -OCH3 is 1. The summed E-state index contributed by atoms with van der Waals surface area (Å²) in [5.41, 5.74) is 1.40. The fraction of sp³-hybridized carbons (Fsp3) is 0.364. The van der Waals surface area contributed by atoms with Gasteiger partial charge in [0.25, 0.3) is 5.91 Å². The summed E-state index contributed by atoms with van der Waals surface area (Å²) < 4.78 is 18.6. The zero-order valence-electron chi connectivity index (χ0n) is 15.7. The van der Waals surface area contributed by atoms with Crippen LogP contribution in [-0.4, -0.2) is 43.0 Å². The first-order valence-electron chi connectivity index (χ1n) is 9.54. The molecule has 1 saturated carbocycles. The molecule has 5 nitrogen and oxygen atoms in total. The normalized spacial score (nSPS) is 21.4. The Morgan fingerprint density at radius 1 is 1.11 bits per heavy atom. The van der Waals surface area contributed by atoms with Crippen LogP contribution >= 0.6 is 0 Å². The molecule has 2 aliphatic rings. The summed E-state index contributed by atoms with van der Waals surface area (Å²) in [5, 5.41) is 3.05. The number of rotatable bonds is 5. The van der Waals surface area contributed by atoms with Crippen molar-refractivity contribution < 1.29 is 18.7 Å². The number of benzene rings is 2. The van der Waals surface area contributed by atoms with Gasteiger partial charge >= 0.3 is 0 Å². The lowest BCUT2D eigenvalue weighted by Crippen LogP contribution is -2.36. The zero-order valence-corrected chi connectivity index (χ0v) is 15.7. The number of hydrogen-bond acceptors (Lipinski definition) is 3. The van der Waals surface area contributed by atoms with E-state index in [2.05, 4.69) is 5.32 Å². The first-order chi connectivity index (χ1) is 13.5. The maximum atomic E-state index is 13.4. The maximum Gasteiger partial charge on any atom is 0.254 e. The average Bonchev–Trinajstić information content (AvgIpc) is 3.42. The molecule has 2 fully saturated rings. The van der Waals surface area contributed by atoms with Crippen LogP contribution in [0, 0.1) is 11.7 Å². The van der Waals surface area contributed by atoms with E-state index in [-0.39, 0.29) is 35.5 Å². The molecule has 2 atom stereocenters. The van der Waals surface area contributed by atoms with Gasteiger partial charge < -0.3 is 15.0 Å². The molecule has 2 aromatic rings. The van der Waals surface area contributed by atoms with Gasteiger partial charge in [0.15, 0.2) is 0 Å². The molecule has 2 amide bonds. The van der Waals surface area contributed by atoms with Crippen molar-refractivity contribution in [3.8, 4) is 5.75 Å². The van der Waals surface area contributed by atoms with Gasteiger partial charge in [-0.3, -0.25) is 9.59 Å². The van der Waals surface area contributed by atoms with Crippen LogP contribution < -0.4 is 10.1 Å². The highest BCUT2D eigenvalue weighted by Crippen LogP contribution is 2.35. The highest BCUT2D eigenvalue weighted by Gasteiger charge is 2.41. The van der Waals surface area contributed by atoms with Crippen LogP contribution in [0.4, 0.5) is 4.39 Å². The minimum atomic E-state index is -0.347. The van der Waals surface area contributed by atoms with Crippen molar-refractivity contribution in [3.63, 3.8) is 0 Å². The number of amides is 2. The molecule has 1 N–H and O–H groups in total. The molecule has 4 rings (SSSR count). The average molecular weight is 382 g/mol. The van der Waals surface area contributed by atoms with E-state index in [4.69, 9.17) is 4.74 Å². The Hall–Kier alpha value is -2.89. The summed E-state index contributed by atoms with van der Waals surface area (Å²) in [7, 11) is 1.56. The summed E-state index contributed by atoms with van der Waals surface area (Å²) in [6, 6.07) is 13.5. The largest absolute Gasteiger partial charge is 0.497 e. The Kier molecular flexibility index (Phi) is 5.03. The molecule has 0 aromatic heterocycles. The van der Waals surface area contributed by atoms with E-state index >= 15 is 0 Å². The van der Waals surface area contributed by atoms with E-state index in [1.807, 2.05) is 0 Å². The Balaban J connectivity index is 1.58. The molecule has 0 bridgehead atoms. The maximum absolute atomic E-state index is 13.4. The summed E-state index contributed by atoms with van der Waals surface area (Å²) in [6.45, 7) is 0.765. The predicted molar refractivity (Wildman–Crippen MR) is 103 cm³/mol. The number of likely N-dealkylation sites (tertiary alicyclic amines) is 1. The third-order valence-electron chi connectivity index (χ3n) is 5.48. The van der Waals surface area contributed by atoms with Crippen LogP contribution in [0.1, 0.15) is 34.7 Å². The van der Waals surface area contributed by atoms with E-state index in [0.29, 0.717) is 24.4 Å². The lowest BCUT2D eigenvalue weighted by molar-refractivity contribution is -0.125. The summed E-state index contributed by atoms with van der Waals surface area (Å²) in [6.07, 6.45) is 2.01. The summed E-state index contributed by atoms with van der Waals surface area (Å²) in [5.74, 6) is -0.367. The molecule has 1 saturated heterocycles. The highest BCUT2D eigenvalue weighted by molar-refractivity contribution is 5.95. The molecule has 1 aliphatic carbocycles. The fourth-order valence-corrected chi connectivity index (χ4v) is 3.76. The number of ether oxygens (including phenoxy) is 1. The van der Waals surface area contributed by atoms with Crippen LogP contribution in [0.25, 0.3) is 0 Å². The second kappa shape index (κ2) is 7.62. The minimum absolute atomic E-state index is 0.0298. The van der Waals surface area contributed by atoms with Crippen LogP contribution in [0.3, 0.4) is 0 Å². The SMILES string of the molecule is COc1cccc(C(=O)N2CC(C(=O)NC3CC3)C(c3ccc(F)cc3)C2)c1. The van der Waals surface area contributed by atoms with Crippen molar-refractivity contribution in [2.24, 2.45) is 5.92 Å². The minimum Gasteiger partial charge on any atom is -0.497 e. The molecule has 6 heteroatoms. The number of halogens is 1. The molecular formula is C22H23FN2O3. The van der Waals surface area contributed by atoms with Gasteiger partial charge in [0, 0.05) is 30.6 Å². The standard InChI is InChI=1S/C22H23FN2O3/c1-28-18-4-2-3-15(11-18)22(27)25-12-19(14-5-7-16(23)8-6-14)20(13-25)21(26)24-17-9-10-17/h2-8,11,17,19-20H,9-10,12-13H2,1H3,(H,24,26). The van der Waals surface area contributed by atoms with Gasteiger partial charge in [0.2, 0.25) is 5.91 Å². The second-order valence-electron chi connectivity index (χ2n) is 7.49. The first-order valence-corrected chi connectivity index (χ1v) is 9.54. The number of carbonyl (C=O) groups excluding carboxylic acids is 2. The Morgan fingerprint density at radius 2 is 1.86 bits per heavy atom. The van der Waals surface area contributed by atoms with Gasteiger partial charge in [-0.15, -0.1) is 0 Å². The number of nitrogens with zero attached hydrogens (tertiary/aromatic N) is 1. The molecular weight excluding hydrogens is 359 g/mol. The van der Waals surface area contributed by atoms with E-state index in [1.165, 1.54) is 12.1 Å². The first kappa shape index (κ1) is 18.5. The quantitative estimate of drug-likeness (QED) is 0.865. The van der Waals surface area contributed by atoms with Crippen LogP contribution in [0.15, 0.2) is 48.5 Å². The predicted octanol–water partition coefficient (Wildman–Crippen LogP) is 2.97. The topological polar surface area (TPSA) is 58.6 Å². The third kappa shape index (κ3) is 3.86. The lowest BCUT2D eigenvalue weighted by Gasteiger charge is -2.18. The van der Waals surface area contributed by atoms with Gasteiger partial charge in [-0.05, 0) is 48.7 Å². The fourth-order valence-electron chi connectivity index (χ4n) is 3.76. The van der Waals surface area contributed by atoms with Crippen LogP contribution in [-0.2, 0) is 4.79 Å². The van der Waals surface area contributed by atoms with Crippen molar-refractivity contribution in [2.75, 3.05) is 20.2 Å². The van der Waals surface area contributed by atoms with E-state index in [9.17, 15) is 14.0 Å². The van der Waals surface area contributed by atoms with E-state index in [1.54, 1.807) is 48.4 Å². The van der Waals surface area contributed by atoms with Crippen molar-refractivity contribution in [3.05, 3.63) is 65.5 Å². The Morgan fingerprint density at radius 3 is 2.54 bits per heavy atom. The Labute approximate surface area is 163 Å². The van der Waals surface area contributed by atoms with E-state index in [0.717, 1.165) is 18.4 Å². The Bertz CT molecular complexity index is 880. The second-order valence-corrected chi connectivity index (χ2v) is 7.49.